The summed E-state index contributed by atoms with van der Waals surface area (Å²) in [5.41, 5.74) is 1.21. The molecule has 250 valence electrons. The minimum atomic E-state index is -3.77. The molecule has 0 amide bonds. The summed E-state index contributed by atoms with van der Waals surface area (Å²) in [6.07, 6.45) is 5.19. The number of pyridine rings is 1. The van der Waals surface area contributed by atoms with Crippen molar-refractivity contribution in [1.82, 2.24) is 4.98 Å². The third-order valence-corrected chi connectivity index (χ3v) is 8.97. The number of benzene rings is 2. The van der Waals surface area contributed by atoms with Gasteiger partial charge in [0.25, 0.3) is 0 Å². The van der Waals surface area contributed by atoms with Crippen LogP contribution in [0.2, 0.25) is 10.0 Å². The van der Waals surface area contributed by atoms with Crippen LogP contribution < -0.4 is 13.7 Å². The van der Waals surface area contributed by atoms with Crippen molar-refractivity contribution in [2.24, 2.45) is 11.8 Å². The molecule has 0 bridgehead atoms. The van der Waals surface area contributed by atoms with Crippen LogP contribution in [0.25, 0.3) is 0 Å². The lowest BCUT2D eigenvalue weighted by Crippen LogP contribution is -2.29. The van der Waals surface area contributed by atoms with E-state index >= 15 is 0 Å². The van der Waals surface area contributed by atoms with Gasteiger partial charge in [0, 0.05) is 25.1 Å². The topological polar surface area (TPSA) is 135 Å². The van der Waals surface area contributed by atoms with Crippen LogP contribution in [0.1, 0.15) is 35.6 Å². The lowest BCUT2D eigenvalue weighted by molar-refractivity contribution is -0.153. The lowest BCUT2D eigenvalue weighted by atomic mass is 9.99. The predicted molar refractivity (Wildman–Crippen MR) is 167 cm³/mol. The van der Waals surface area contributed by atoms with E-state index in [-0.39, 0.29) is 52.7 Å². The van der Waals surface area contributed by atoms with E-state index < -0.39 is 50.3 Å². The molecule has 1 fully saturated rings. The van der Waals surface area contributed by atoms with E-state index in [9.17, 15) is 30.4 Å². The van der Waals surface area contributed by atoms with Crippen molar-refractivity contribution in [1.29, 1.82) is 0 Å². The number of carbonyl (C=O) groups is 1. The molecule has 3 aromatic rings. The summed E-state index contributed by atoms with van der Waals surface area (Å²) in [6.45, 7) is -2.83. The summed E-state index contributed by atoms with van der Waals surface area (Å²) in [5.74, 6) is -2.48. The third-order valence-electron chi connectivity index (χ3n) is 6.82. The second-order valence-corrected chi connectivity index (χ2v) is 15.5. The van der Waals surface area contributed by atoms with Gasteiger partial charge in [-0.15, -0.1) is 0 Å². The van der Waals surface area contributed by atoms with Gasteiger partial charge in [-0.25, -0.2) is 8.42 Å². The van der Waals surface area contributed by atoms with Crippen molar-refractivity contribution in [2.45, 2.75) is 38.4 Å². The van der Waals surface area contributed by atoms with Gasteiger partial charge in [-0.3, -0.25) is 9.78 Å². The minimum absolute atomic E-state index is 0.0155. The first-order valence-electron chi connectivity index (χ1n) is 13.9. The zero-order valence-corrected chi connectivity index (χ0v) is 27.8. The summed E-state index contributed by atoms with van der Waals surface area (Å²) in [6, 6.07) is 9.88. The van der Waals surface area contributed by atoms with Crippen LogP contribution in [0.4, 0.5) is 8.78 Å². The van der Waals surface area contributed by atoms with Crippen LogP contribution in [0.5, 0.6) is 17.2 Å². The molecule has 0 radical (unpaired) electrons. The first kappa shape index (κ1) is 35.7. The fourth-order valence-corrected chi connectivity index (χ4v) is 6.49. The highest BCUT2D eigenvalue weighted by Crippen LogP contribution is 2.38. The normalized spacial score (nSPS) is 14.8. The molecular weight excluding hydrogens is 691 g/mol. The van der Waals surface area contributed by atoms with E-state index in [0.29, 0.717) is 16.7 Å². The molecule has 1 aliphatic rings. The molecule has 10 nitrogen and oxygen atoms in total. The third kappa shape index (κ3) is 11.2. The van der Waals surface area contributed by atoms with E-state index in [4.69, 9.17) is 36.9 Å². The van der Waals surface area contributed by atoms with Crippen LogP contribution in [0, 0.1) is 11.8 Å². The molecule has 16 heteroatoms. The van der Waals surface area contributed by atoms with Crippen molar-refractivity contribution in [3.8, 4) is 17.2 Å². The Balaban J connectivity index is 1.67. The number of rotatable bonds is 16. The Labute approximate surface area is 276 Å². The fraction of sp³-hybridized carbons (Fsp3) is 0.400. The Bertz CT molecular complexity index is 1730. The van der Waals surface area contributed by atoms with E-state index in [1.165, 1.54) is 54.9 Å². The number of esters is 1. The maximum atomic E-state index is 13.7. The highest BCUT2D eigenvalue weighted by molar-refractivity contribution is 7.90. The monoisotopic (exact) mass is 721 g/mol. The standard InChI is InChI=1S/C30H31Cl2F2NO9S2/c1-45(37,38)17-21(11-18-5-8-22(9-6-18)44-46(2,39)40)29(36)42-27(13-23-24(31)14-35-15-25(23)32)20-7-10-26(43-30(33)34)28(12-20)41-16-19-3-4-19/h5-10,12,14-15,19,21,27,30H,3-4,11,13,16-17H2,1-2H3/t21-,27+/m1/s1. The van der Waals surface area contributed by atoms with Gasteiger partial charge in [0.05, 0.1) is 34.6 Å². The molecular formula is C30H31Cl2F2NO9S2. The van der Waals surface area contributed by atoms with Crippen LogP contribution in [-0.4, -0.2) is 59.3 Å². The molecule has 46 heavy (non-hydrogen) atoms. The number of sulfone groups is 1. The summed E-state index contributed by atoms with van der Waals surface area (Å²) in [7, 11) is -7.46. The lowest BCUT2D eigenvalue weighted by Gasteiger charge is -2.24. The Morgan fingerprint density at radius 1 is 0.957 bits per heavy atom. The molecule has 0 saturated heterocycles. The molecule has 1 aromatic heterocycles. The van der Waals surface area contributed by atoms with Crippen molar-refractivity contribution >= 4 is 49.1 Å². The number of ether oxygens (including phenoxy) is 3. The zero-order valence-electron chi connectivity index (χ0n) is 24.7. The summed E-state index contributed by atoms with van der Waals surface area (Å²) >= 11 is 12.7. The quantitative estimate of drug-likeness (QED) is 0.131. The maximum absolute atomic E-state index is 13.7. The van der Waals surface area contributed by atoms with Gasteiger partial charge in [-0.2, -0.15) is 17.2 Å². The highest BCUT2D eigenvalue weighted by atomic mass is 35.5. The Morgan fingerprint density at radius 2 is 1.61 bits per heavy atom. The highest BCUT2D eigenvalue weighted by Gasteiger charge is 2.30. The molecule has 0 spiro atoms. The number of aromatic nitrogens is 1. The number of alkyl halides is 2. The van der Waals surface area contributed by atoms with Crippen LogP contribution in [0.3, 0.4) is 0 Å². The van der Waals surface area contributed by atoms with E-state index in [2.05, 4.69) is 9.72 Å². The average molecular weight is 723 g/mol. The minimum Gasteiger partial charge on any atom is -0.489 e. The van der Waals surface area contributed by atoms with Gasteiger partial charge in [0.15, 0.2) is 11.5 Å². The Morgan fingerprint density at radius 3 is 2.17 bits per heavy atom. The number of carbonyl (C=O) groups excluding carboxylic acids is 1. The maximum Gasteiger partial charge on any atom is 0.387 e. The van der Waals surface area contributed by atoms with E-state index in [1.54, 1.807) is 0 Å². The summed E-state index contributed by atoms with van der Waals surface area (Å²) < 4.78 is 95.1. The molecule has 1 aliphatic carbocycles. The van der Waals surface area contributed by atoms with E-state index in [1.807, 2.05) is 0 Å². The second-order valence-electron chi connectivity index (χ2n) is 11.0. The SMILES string of the molecule is CS(=O)(=O)C[C@@H](Cc1ccc(OS(C)(=O)=O)cc1)C(=O)O[C@@H](Cc1c(Cl)cncc1Cl)c1ccc(OC(F)F)c(OCC2CC2)c1. The zero-order chi connectivity index (χ0) is 33.6. The predicted octanol–water partition coefficient (Wildman–Crippen LogP) is 5.85. The first-order valence-corrected chi connectivity index (χ1v) is 18.6. The van der Waals surface area contributed by atoms with Gasteiger partial charge in [-0.05, 0) is 66.1 Å². The number of hydrogen-bond acceptors (Lipinski definition) is 10. The average Bonchev–Trinajstić information content (AvgIpc) is 3.77. The largest absolute Gasteiger partial charge is 0.489 e. The number of nitrogens with zero attached hydrogens (tertiary/aromatic N) is 1. The van der Waals surface area contributed by atoms with Crippen molar-refractivity contribution in [3.05, 3.63) is 81.6 Å². The Hall–Kier alpha value is -3.20. The summed E-state index contributed by atoms with van der Waals surface area (Å²) in [5, 5.41) is 0.362. The molecule has 2 aromatic carbocycles. The van der Waals surface area contributed by atoms with Gasteiger partial charge in [0.1, 0.15) is 21.7 Å². The molecule has 1 heterocycles. The van der Waals surface area contributed by atoms with Crippen LogP contribution >= 0.6 is 23.2 Å². The van der Waals surface area contributed by atoms with E-state index in [0.717, 1.165) is 25.4 Å². The van der Waals surface area contributed by atoms with Crippen LogP contribution in [-0.2, 0) is 42.3 Å². The van der Waals surface area contributed by atoms with Crippen LogP contribution in [0.15, 0.2) is 54.9 Å². The van der Waals surface area contributed by atoms with Crippen molar-refractivity contribution < 1.29 is 48.8 Å². The molecule has 0 aliphatic heterocycles. The number of hydrogen-bond donors (Lipinski definition) is 0. The number of halogens is 4. The van der Waals surface area contributed by atoms with Gasteiger partial charge in [0.2, 0.25) is 0 Å². The molecule has 0 unspecified atom stereocenters. The molecule has 2 atom stereocenters. The first-order chi connectivity index (χ1) is 21.6. The Kier molecular flexibility index (Phi) is 11.7. The molecule has 4 rings (SSSR count). The molecule has 1 saturated carbocycles. The van der Waals surface area contributed by atoms with Gasteiger partial charge < -0.3 is 18.4 Å². The second kappa shape index (κ2) is 15.1. The smallest absolute Gasteiger partial charge is 0.387 e. The van der Waals surface area contributed by atoms with Gasteiger partial charge >= 0.3 is 22.7 Å². The molecule has 0 N–H and O–H groups in total. The van der Waals surface area contributed by atoms with Crippen molar-refractivity contribution in [2.75, 3.05) is 24.9 Å². The van der Waals surface area contributed by atoms with Crippen molar-refractivity contribution in [3.63, 3.8) is 0 Å². The fourth-order valence-electron chi connectivity index (χ4n) is 4.52. The summed E-state index contributed by atoms with van der Waals surface area (Å²) in [4.78, 5) is 17.7. The van der Waals surface area contributed by atoms with Gasteiger partial charge in [-0.1, -0.05) is 41.4 Å².